The first-order chi connectivity index (χ1) is 13.7. The molecular weight excluding hydrogens is 479 g/mol. The van der Waals surface area contributed by atoms with Gasteiger partial charge in [0.1, 0.15) is 0 Å². The van der Waals surface area contributed by atoms with Crippen LogP contribution in [0.15, 0.2) is 35.3 Å². The molecule has 0 radical (unpaired) electrons. The number of rotatable bonds is 6. The number of carbonyl (C=O) groups excluding carboxylic acids is 1. The number of esters is 1. The molecule has 0 aromatic heterocycles. The molecule has 7 heteroatoms. The summed E-state index contributed by atoms with van der Waals surface area (Å²) in [5.41, 5.74) is 1.30. The van der Waals surface area contributed by atoms with Gasteiger partial charge in [0.15, 0.2) is 5.96 Å². The molecule has 0 bridgehead atoms. The molecule has 2 aliphatic heterocycles. The van der Waals surface area contributed by atoms with Crippen molar-refractivity contribution in [1.29, 1.82) is 0 Å². The van der Waals surface area contributed by atoms with Crippen molar-refractivity contribution in [2.75, 3.05) is 50.8 Å². The normalized spacial score (nSPS) is 22.2. The van der Waals surface area contributed by atoms with Crippen molar-refractivity contribution in [2.24, 2.45) is 16.8 Å². The number of nitrogens with zero attached hydrogens (tertiary/aromatic N) is 3. The van der Waals surface area contributed by atoms with Gasteiger partial charge in [0.25, 0.3) is 0 Å². The number of guanidine groups is 1. The Balaban J connectivity index is 0.00000300. The Morgan fingerprint density at radius 1 is 1.17 bits per heavy atom. The van der Waals surface area contributed by atoms with E-state index in [0.717, 1.165) is 51.5 Å². The van der Waals surface area contributed by atoms with Gasteiger partial charge in [-0.25, -0.2) is 0 Å². The zero-order chi connectivity index (χ0) is 19.8. The number of para-hydroxylation sites is 1. The Hall–Kier alpha value is -1.51. The van der Waals surface area contributed by atoms with Gasteiger partial charge in [-0.2, -0.15) is 0 Å². The lowest BCUT2D eigenvalue weighted by Crippen LogP contribution is -2.48. The Kier molecular flexibility index (Phi) is 10.0. The fourth-order valence-corrected chi connectivity index (χ4v) is 4.12. The van der Waals surface area contributed by atoms with E-state index >= 15 is 0 Å². The summed E-state index contributed by atoms with van der Waals surface area (Å²) in [7, 11) is 0. The monoisotopic (exact) mass is 514 g/mol. The van der Waals surface area contributed by atoms with E-state index in [4.69, 9.17) is 9.73 Å². The molecule has 1 aromatic carbocycles. The molecule has 0 saturated carbocycles. The number of anilines is 1. The van der Waals surface area contributed by atoms with Crippen molar-refractivity contribution >= 4 is 41.6 Å². The van der Waals surface area contributed by atoms with Crippen molar-refractivity contribution in [3.8, 4) is 0 Å². The molecule has 2 atom stereocenters. The predicted octanol–water partition coefficient (Wildman–Crippen LogP) is 3.37. The van der Waals surface area contributed by atoms with Crippen LogP contribution in [0.5, 0.6) is 0 Å². The van der Waals surface area contributed by atoms with Crippen LogP contribution < -0.4 is 10.2 Å². The van der Waals surface area contributed by atoms with E-state index < -0.39 is 0 Å². The molecule has 2 saturated heterocycles. The third-order valence-electron chi connectivity index (χ3n) is 5.58. The first-order valence-corrected chi connectivity index (χ1v) is 10.7. The van der Waals surface area contributed by atoms with Crippen LogP contribution in [0.3, 0.4) is 0 Å². The summed E-state index contributed by atoms with van der Waals surface area (Å²) in [5, 5.41) is 3.42. The highest BCUT2D eigenvalue weighted by molar-refractivity contribution is 14.0. The summed E-state index contributed by atoms with van der Waals surface area (Å²) < 4.78 is 5.23. The number of hydrogen-bond donors (Lipinski definition) is 1. The molecule has 0 aliphatic carbocycles. The number of nitrogens with one attached hydrogen (secondary N) is 1. The van der Waals surface area contributed by atoms with E-state index in [9.17, 15) is 4.79 Å². The highest BCUT2D eigenvalue weighted by Crippen LogP contribution is 2.24. The SMILES string of the molecule is CCNC(=NCC1CCN(c2ccccc2)C1)N1CCCC(C(=O)OCC)C1.I. The van der Waals surface area contributed by atoms with Crippen molar-refractivity contribution < 1.29 is 9.53 Å². The molecule has 3 rings (SSSR count). The summed E-state index contributed by atoms with van der Waals surface area (Å²) >= 11 is 0. The molecule has 0 spiro atoms. The topological polar surface area (TPSA) is 57.2 Å². The quantitative estimate of drug-likeness (QED) is 0.273. The number of aliphatic imine (C=N–C) groups is 1. The van der Waals surface area contributed by atoms with E-state index in [0.29, 0.717) is 19.1 Å². The number of halogens is 1. The Morgan fingerprint density at radius 3 is 2.69 bits per heavy atom. The van der Waals surface area contributed by atoms with Gasteiger partial charge in [-0.1, -0.05) is 18.2 Å². The van der Waals surface area contributed by atoms with Crippen LogP contribution in [0.4, 0.5) is 5.69 Å². The zero-order valence-corrected chi connectivity index (χ0v) is 20.0. The van der Waals surface area contributed by atoms with E-state index in [-0.39, 0.29) is 35.9 Å². The Labute approximate surface area is 192 Å². The fraction of sp³-hybridized carbons (Fsp3) is 0.636. The lowest BCUT2D eigenvalue weighted by atomic mass is 9.98. The van der Waals surface area contributed by atoms with Crippen LogP contribution in [0.2, 0.25) is 0 Å². The third kappa shape index (κ3) is 6.76. The maximum atomic E-state index is 12.1. The minimum Gasteiger partial charge on any atom is -0.466 e. The summed E-state index contributed by atoms with van der Waals surface area (Å²) in [6, 6.07) is 10.6. The molecule has 6 nitrogen and oxygen atoms in total. The fourth-order valence-electron chi connectivity index (χ4n) is 4.12. The molecule has 2 fully saturated rings. The van der Waals surface area contributed by atoms with Gasteiger partial charge in [0, 0.05) is 45.0 Å². The van der Waals surface area contributed by atoms with Crippen molar-refractivity contribution in [3.05, 3.63) is 30.3 Å². The van der Waals surface area contributed by atoms with Crippen LogP contribution in [0, 0.1) is 11.8 Å². The highest BCUT2D eigenvalue weighted by atomic mass is 127. The highest BCUT2D eigenvalue weighted by Gasteiger charge is 2.29. The summed E-state index contributed by atoms with van der Waals surface area (Å²) in [6.45, 7) is 9.86. The molecular formula is C22H35IN4O2. The van der Waals surface area contributed by atoms with E-state index in [2.05, 4.69) is 52.4 Å². The molecule has 2 heterocycles. The molecule has 2 aliphatic rings. The number of benzene rings is 1. The second-order valence-electron chi connectivity index (χ2n) is 7.67. The van der Waals surface area contributed by atoms with Gasteiger partial charge < -0.3 is 19.9 Å². The number of piperidine rings is 1. The third-order valence-corrected chi connectivity index (χ3v) is 5.58. The average molecular weight is 514 g/mol. The maximum Gasteiger partial charge on any atom is 0.310 e. The van der Waals surface area contributed by atoms with Gasteiger partial charge in [-0.15, -0.1) is 24.0 Å². The van der Waals surface area contributed by atoms with Crippen molar-refractivity contribution in [2.45, 2.75) is 33.1 Å². The van der Waals surface area contributed by atoms with Crippen LogP contribution in [-0.4, -0.2) is 62.7 Å². The number of carbonyl (C=O) groups is 1. The Morgan fingerprint density at radius 2 is 1.97 bits per heavy atom. The predicted molar refractivity (Wildman–Crippen MR) is 129 cm³/mol. The molecule has 2 unspecified atom stereocenters. The standard InChI is InChI=1S/C22H34N4O2.HI/c1-3-23-22(26-13-8-9-19(17-26)21(27)28-4-2)24-15-18-12-14-25(16-18)20-10-6-5-7-11-20;/h5-7,10-11,18-19H,3-4,8-9,12-17H2,1-2H3,(H,23,24);1H. The number of likely N-dealkylation sites (tertiary alicyclic amines) is 1. The summed E-state index contributed by atoms with van der Waals surface area (Å²) in [5.74, 6) is 1.39. The lowest BCUT2D eigenvalue weighted by Gasteiger charge is -2.34. The van der Waals surface area contributed by atoms with E-state index in [1.165, 1.54) is 12.1 Å². The average Bonchev–Trinajstić information content (AvgIpc) is 3.21. The van der Waals surface area contributed by atoms with Crippen LogP contribution in [0.1, 0.15) is 33.1 Å². The largest absolute Gasteiger partial charge is 0.466 e. The molecule has 29 heavy (non-hydrogen) atoms. The maximum absolute atomic E-state index is 12.1. The van der Waals surface area contributed by atoms with Gasteiger partial charge in [0.2, 0.25) is 0 Å². The zero-order valence-electron chi connectivity index (χ0n) is 17.7. The summed E-state index contributed by atoms with van der Waals surface area (Å²) in [4.78, 5) is 21.8. The van der Waals surface area contributed by atoms with Crippen LogP contribution >= 0.6 is 24.0 Å². The number of ether oxygens (including phenoxy) is 1. The van der Waals surface area contributed by atoms with E-state index in [1.54, 1.807) is 0 Å². The second-order valence-corrected chi connectivity index (χ2v) is 7.67. The van der Waals surface area contributed by atoms with Gasteiger partial charge in [-0.3, -0.25) is 9.79 Å². The lowest BCUT2D eigenvalue weighted by molar-refractivity contribution is -0.149. The molecule has 1 N–H and O–H groups in total. The van der Waals surface area contributed by atoms with Crippen molar-refractivity contribution in [3.63, 3.8) is 0 Å². The smallest absolute Gasteiger partial charge is 0.310 e. The van der Waals surface area contributed by atoms with Crippen molar-refractivity contribution in [1.82, 2.24) is 10.2 Å². The van der Waals surface area contributed by atoms with Gasteiger partial charge >= 0.3 is 5.97 Å². The first-order valence-electron chi connectivity index (χ1n) is 10.7. The molecule has 162 valence electrons. The van der Waals surface area contributed by atoms with Crippen LogP contribution in [0.25, 0.3) is 0 Å². The second kappa shape index (κ2) is 12.2. The first kappa shape index (κ1) is 23.8. The Bertz CT molecular complexity index is 655. The van der Waals surface area contributed by atoms with E-state index in [1.807, 2.05) is 6.92 Å². The van der Waals surface area contributed by atoms with Gasteiger partial charge in [-0.05, 0) is 51.2 Å². The number of hydrogen-bond acceptors (Lipinski definition) is 4. The minimum absolute atomic E-state index is 0. The summed E-state index contributed by atoms with van der Waals surface area (Å²) in [6.07, 6.45) is 3.08. The minimum atomic E-state index is -0.0719. The van der Waals surface area contributed by atoms with Crippen LogP contribution in [-0.2, 0) is 9.53 Å². The molecule has 1 aromatic rings. The van der Waals surface area contributed by atoms with Gasteiger partial charge in [0.05, 0.1) is 12.5 Å². The molecule has 0 amide bonds.